The van der Waals surface area contributed by atoms with Crippen molar-refractivity contribution in [2.24, 2.45) is 5.92 Å². The first-order valence-corrected chi connectivity index (χ1v) is 13.7. The Morgan fingerprint density at radius 2 is 1.69 bits per heavy atom. The van der Waals surface area contributed by atoms with Crippen LogP contribution < -0.4 is 4.90 Å². The highest BCUT2D eigenvalue weighted by atomic mass is 79.9. The van der Waals surface area contributed by atoms with E-state index in [1.807, 2.05) is 6.92 Å². The van der Waals surface area contributed by atoms with Crippen LogP contribution in [0.3, 0.4) is 0 Å². The van der Waals surface area contributed by atoms with Gasteiger partial charge in [-0.05, 0) is 92.9 Å². The van der Waals surface area contributed by atoms with Gasteiger partial charge in [0.2, 0.25) is 0 Å². The molecule has 1 unspecified atom stereocenters. The minimum atomic E-state index is 0.159. The van der Waals surface area contributed by atoms with Crippen LogP contribution in [-0.2, 0) is 4.79 Å². The van der Waals surface area contributed by atoms with Gasteiger partial charge in [0.1, 0.15) is 0 Å². The highest BCUT2D eigenvalue weighted by Gasteiger charge is 2.25. The Morgan fingerprint density at radius 1 is 1.06 bits per heavy atom. The molecule has 1 heterocycles. The first-order valence-electron chi connectivity index (χ1n) is 12.1. The molecule has 1 atom stereocenters. The lowest BCUT2D eigenvalue weighted by molar-refractivity contribution is -0.116. The second-order valence-electron chi connectivity index (χ2n) is 8.87. The average molecular weight is 525 g/mol. The van der Waals surface area contributed by atoms with Gasteiger partial charge in [-0.2, -0.15) is 0 Å². The lowest BCUT2D eigenvalue weighted by Gasteiger charge is -2.20. The minimum absolute atomic E-state index is 0.159. The first-order chi connectivity index (χ1) is 15.1. The molecule has 0 amide bonds. The lowest BCUT2D eigenvalue weighted by atomic mass is 9.85. The zero-order valence-electron chi connectivity index (χ0n) is 21.4. The Kier molecular flexibility index (Phi) is 12.7. The Hall–Kier alpha value is -1.20. The number of hydrogen-bond acceptors (Lipinski definition) is 4. The molecule has 0 spiro atoms. The molecule has 0 aliphatic rings. The molecule has 0 aliphatic heterocycles. The molecule has 0 aliphatic carbocycles. The van der Waals surface area contributed by atoms with Gasteiger partial charge in [0.25, 0.3) is 0 Å². The first kappa shape index (κ1) is 28.8. The molecule has 32 heavy (non-hydrogen) atoms. The fourth-order valence-electron chi connectivity index (χ4n) is 4.11. The SMILES string of the molecule is CCCCC(=O)/C(CC(CC)CC(=O)c1c(Br)sc(N(CC)CC)c1C)=C(/C)C=C(C)C. The monoisotopic (exact) mass is 523 g/mol. The largest absolute Gasteiger partial charge is 0.364 e. The fraction of sp³-hybridized carbons (Fsp3) is 0.630. The van der Waals surface area contributed by atoms with Crippen LogP contribution in [-0.4, -0.2) is 24.7 Å². The van der Waals surface area contributed by atoms with Crippen molar-refractivity contribution in [1.29, 1.82) is 0 Å². The molecular formula is C27H42BrNO2S. The van der Waals surface area contributed by atoms with E-state index in [4.69, 9.17) is 0 Å². The number of carbonyl (C=O) groups is 2. The van der Waals surface area contributed by atoms with E-state index < -0.39 is 0 Å². The molecule has 0 bridgehead atoms. The molecular weight excluding hydrogens is 482 g/mol. The van der Waals surface area contributed by atoms with E-state index in [0.29, 0.717) is 19.3 Å². The van der Waals surface area contributed by atoms with Crippen LogP contribution in [0.15, 0.2) is 26.6 Å². The topological polar surface area (TPSA) is 37.4 Å². The Labute approximate surface area is 208 Å². The number of unbranched alkanes of at least 4 members (excludes halogenated alkanes) is 1. The number of thiophene rings is 1. The molecule has 5 heteroatoms. The molecule has 1 aromatic heterocycles. The number of allylic oxidation sites excluding steroid dienone is 4. The summed E-state index contributed by atoms with van der Waals surface area (Å²) in [6.45, 7) is 18.6. The number of ketones is 2. The summed E-state index contributed by atoms with van der Waals surface area (Å²) >= 11 is 5.31. The Morgan fingerprint density at radius 3 is 2.19 bits per heavy atom. The number of carbonyl (C=O) groups excluding carboxylic acids is 2. The molecule has 0 aromatic carbocycles. The number of rotatable bonds is 14. The normalized spacial score (nSPS) is 12.9. The summed E-state index contributed by atoms with van der Waals surface area (Å²) in [6, 6.07) is 0. The highest BCUT2D eigenvalue weighted by molar-refractivity contribution is 9.11. The molecule has 180 valence electrons. The van der Waals surface area contributed by atoms with Gasteiger partial charge < -0.3 is 4.90 Å². The molecule has 3 nitrogen and oxygen atoms in total. The molecule has 0 N–H and O–H groups in total. The van der Waals surface area contributed by atoms with Gasteiger partial charge in [-0.1, -0.05) is 38.3 Å². The van der Waals surface area contributed by atoms with Crippen molar-refractivity contribution in [3.63, 3.8) is 0 Å². The molecule has 0 radical (unpaired) electrons. The Bertz CT molecular complexity index is 842. The van der Waals surface area contributed by atoms with Crippen LogP contribution in [0.4, 0.5) is 5.00 Å². The van der Waals surface area contributed by atoms with E-state index in [9.17, 15) is 9.59 Å². The predicted molar refractivity (Wildman–Crippen MR) is 144 cm³/mol. The van der Waals surface area contributed by atoms with Crippen LogP contribution in [0.5, 0.6) is 0 Å². The molecule has 1 rings (SSSR count). The van der Waals surface area contributed by atoms with Crippen molar-refractivity contribution in [2.75, 3.05) is 18.0 Å². The number of anilines is 1. The van der Waals surface area contributed by atoms with Crippen LogP contribution in [0.25, 0.3) is 0 Å². The van der Waals surface area contributed by atoms with Gasteiger partial charge in [-0.3, -0.25) is 9.59 Å². The minimum Gasteiger partial charge on any atom is -0.364 e. The van der Waals surface area contributed by atoms with Gasteiger partial charge in [0, 0.05) is 31.5 Å². The van der Waals surface area contributed by atoms with Gasteiger partial charge in [-0.15, -0.1) is 11.3 Å². The third-order valence-electron chi connectivity index (χ3n) is 6.03. The van der Waals surface area contributed by atoms with E-state index in [2.05, 4.69) is 75.4 Å². The summed E-state index contributed by atoms with van der Waals surface area (Å²) in [5.41, 5.74) is 5.03. The maximum Gasteiger partial charge on any atom is 0.165 e. The summed E-state index contributed by atoms with van der Waals surface area (Å²) in [6.07, 6.45) is 6.63. The van der Waals surface area contributed by atoms with E-state index in [0.717, 1.165) is 58.4 Å². The van der Waals surface area contributed by atoms with Crippen molar-refractivity contribution in [1.82, 2.24) is 0 Å². The molecule has 0 fully saturated rings. The van der Waals surface area contributed by atoms with Gasteiger partial charge in [-0.25, -0.2) is 0 Å². The Balaban J connectivity index is 3.17. The average Bonchev–Trinajstić information content (AvgIpc) is 3.03. The zero-order chi connectivity index (χ0) is 24.4. The quantitative estimate of drug-likeness (QED) is 0.139. The summed E-state index contributed by atoms with van der Waals surface area (Å²) < 4.78 is 0.923. The number of hydrogen-bond donors (Lipinski definition) is 0. The van der Waals surface area contributed by atoms with Gasteiger partial charge in [0.05, 0.1) is 8.79 Å². The standard InChI is InChI=1S/C27H42BrNO2S/c1-9-13-14-23(30)22(19(7)15-18(5)6)16-21(10-2)17-24(31)25-20(8)27(32-26(25)28)29(11-3)12-4/h15,21H,9-14,16-17H2,1-8H3/b22-19-. The van der Waals surface area contributed by atoms with E-state index in [1.165, 1.54) is 10.6 Å². The molecule has 1 aromatic rings. The predicted octanol–water partition coefficient (Wildman–Crippen LogP) is 8.70. The van der Waals surface area contributed by atoms with Crippen molar-refractivity contribution < 1.29 is 9.59 Å². The van der Waals surface area contributed by atoms with Crippen molar-refractivity contribution >= 4 is 43.8 Å². The third kappa shape index (κ3) is 7.98. The summed E-state index contributed by atoms with van der Waals surface area (Å²) in [5, 5.41) is 1.17. The van der Waals surface area contributed by atoms with Crippen LogP contribution in [0.2, 0.25) is 0 Å². The maximum atomic E-state index is 13.4. The van der Waals surface area contributed by atoms with Crippen LogP contribution in [0, 0.1) is 12.8 Å². The summed E-state index contributed by atoms with van der Waals surface area (Å²) in [4.78, 5) is 28.7. The van der Waals surface area contributed by atoms with Crippen molar-refractivity contribution in [2.45, 2.75) is 93.9 Å². The van der Waals surface area contributed by atoms with E-state index in [-0.39, 0.29) is 17.5 Å². The third-order valence-corrected chi connectivity index (χ3v) is 8.05. The second kappa shape index (κ2) is 14.1. The second-order valence-corrected chi connectivity index (χ2v) is 11.2. The van der Waals surface area contributed by atoms with Gasteiger partial charge in [0.15, 0.2) is 11.6 Å². The van der Waals surface area contributed by atoms with E-state index >= 15 is 0 Å². The smallest absolute Gasteiger partial charge is 0.165 e. The van der Waals surface area contributed by atoms with Gasteiger partial charge >= 0.3 is 0 Å². The lowest BCUT2D eigenvalue weighted by Crippen LogP contribution is -2.21. The number of halogens is 1. The molecule has 0 saturated heterocycles. The van der Waals surface area contributed by atoms with Crippen molar-refractivity contribution in [3.8, 4) is 0 Å². The van der Waals surface area contributed by atoms with E-state index in [1.54, 1.807) is 11.3 Å². The molecule has 0 saturated carbocycles. The summed E-state index contributed by atoms with van der Waals surface area (Å²) in [5.74, 6) is 0.576. The summed E-state index contributed by atoms with van der Waals surface area (Å²) in [7, 11) is 0. The van der Waals surface area contributed by atoms with Crippen LogP contribution >= 0.6 is 27.3 Å². The number of nitrogens with zero attached hydrogens (tertiary/aromatic N) is 1. The zero-order valence-corrected chi connectivity index (χ0v) is 23.8. The fourth-order valence-corrected chi connectivity index (χ4v) is 6.27. The van der Waals surface area contributed by atoms with Crippen molar-refractivity contribution in [3.05, 3.63) is 37.7 Å². The maximum absolute atomic E-state index is 13.4. The van der Waals surface area contributed by atoms with Crippen LogP contribution in [0.1, 0.15) is 103 Å². The highest BCUT2D eigenvalue weighted by Crippen LogP contribution is 2.40. The number of Topliss-reactive ketones (excluding diaryl/α,β-unsaturated/α-hetero) is 2.